The fourth-order valence-electron chi connectivity index (χ4n) is 2.34. The van der Waals surface area contributed by atoms with Crippen LogP contribution in [0.1, 0.15) is 0 Å². The van der Waals surface area contributed by atoms with Crippen LogP contribution in [0.5, 0.6) is 11.5 Å². The molecule has 1 aromatic heterocycles. The summed E-state index contributed by atoms with van der Waals surface area (Å²) in [6, 6.07) is 13.0. The molecule has 0 aliphatic carbocycles. The molecule has 0 fully saturated rings. The molecule has 0 aliphatic rings. The van der Waals surface area contributed by atoms with Crippen molar-refractivity contribution in [3.05, 3.63) is 63.6 Å². The smallest absolute Gasteiger partial charge is 0.330 e. The van der Waals surface area contributed by atoms with E-state index in [0.717, 1.165) is 15.7 Å². The first-order valence-corrected chi connectivity index (χ1v) is 7.71. The lowest BCUT2D eigenvalue weighted by molar-refractivity contribution is 0.355. The fourth-order valence-corrected chi connectivity index (χ4v) is 2.60. The summed E-state index contributed by atoms with van der Waals surface area (Å²) in [6.07, 6.45) is 1.77. The van der Waals surface area contributed by atoms with E-state index in [0.29, 0.717) is 17.2 Å². The van der Waals surface area contributed by atoms with Gasteiger partial charge in [-0.2, -0.15) is 0 Å². The highest BCUT2D eigenvalue weighted by atomic mass is 79.9. The van der Waals surface area contributed by atoms with E-state index < -0.39 is 0 Å². The van der Waals surface area contributed by atoms with E-state index in [1.54, 1.807) is 25.0 Å². The van der Waals surface area contributed by atoms with Crippen LogP contribution in [0.25, 0.3) is 16.9 Å². The number of hydrogen-bond acceptors (Lipinski definition) is 3. The van der Waals surface area contributed by atoms with Crippen LogP contribution in [-0.4, -0.2) is 23.8 Å². The molecule has 0 spiro atoms. The molecule has 0 saturated carbocycles. The van der Waals surface area contributed by atoms with Gasteiger partial charge in [0, 0.05) is 16.2 Å². The second-order valence-electron chi connectivity index (χ2n) is 4.89. The Bertz CT molecular complexity index is 882. The lowest BCUT2D eigenvalue weighted by Gasteiger charge is -2.08. The summed E-state index contributed by atoms with van der Waals surface area (Å²) in [5.74, 6) is 1.26. The minimum atomic E-state index is -0.197. The lowest BCUT2D eigenvalue weighted by atomic mass is 10.1. The van der Waals surface area contributed by atoms with Crippen molar-refractivity contribution in [2.45, 2.75) is 0 Å². The molecule has 3 rings (SSSR count). The molecule has 3 aromatic rings. The van der Waals surface area contributed by atoms with Crippen LogP contribution in [0, 0.1) is 0 Å². The summed E-state index contributed by atoms with van der Waals surface area (Å²) < 4.78 is 13.1. The first kappa shape index (κ1) is 15.4. The third-order valence-electron chi connectivity index (χ3n) is 3.52. The van der Waals surface area contributed by atoms with Gasteiger partial charge in [-0.1, -0.05) is 15.9 Å². The van der Waals surface area contributed by atoms with Crippen LogP contribution in [0.2, 0.25) is 0 Å². The first-order valence-electron chi connectivity index (χ1n) is 6.92. The molecular weight excluding hydrogens is 360 g/mol. The molecule has 1 N–H and O–H groups in total. The van der Waals surface area contributed by atoms with Gasteiger partial charge in [-0.15, -0.1) is 0 Å². The average molecular weight is 375 g/mol. The highest BCUT2D eigenvalue weighted by molar-refractivity contribution is 9.10. The van der Waals surface area contributed by atoms with Crippen molar-refractivity contribution in [1.29, 1.82) is 0 Å². The number of rotatable bonds is 4. The third kappa shape index (κ3) is 3.03. The standard InChI is InChI=1S/C17H15BrN2O3/c1-22-15-8-3-11(9-16(15)23-2)14-10-20(17(21)19-14)13-6-4-12(18)5-7-13/h3-10H,1-2H3,(H,19,21). The third-order valence-corrected chi connectivity index (χ3v) is 4.05. The van der Waals surface area contributed by atoms with Gasteiger partial charge in [0.2, 0.25) is 0 Å². The summed E-state index contributed by atoms with van der Waals surface area (Å²) in [4.78, 5) is 15.1. The van der Waals surface area contributed by atoms with Crippen LogP contribution in [0.3, 0.4) is 0 Å². The Hall–Kier alpha value is -2.47. The quantitative estimate of drug-likeness (QED) is 0.758. The molecule has 1 heterocycles. The maximum Gasteiger partial charge on any atom is 0.330 e. The number of aromatic amines is 1. The van der Waals surface area contributed by atoms with Crippen LogP contribution in [-0.2, 0) is 0 Å². The summed E-state index contributed by atoms with van der Waals surface area (Å²) in [7, 11) is 3.17. The zero-order valence-corrected chi connectivity index (χ0v) is 14.3. The van der Waals surface area contributed by atoms with Crippen LogP contribution >= 0.6 is 15.9 Å². The molecule has 0 bridgehead atoms. The van der Waals surface area contributed by atoms with Crippen molar-refractivity contribution in [2.75, 3.05) is 14.2 Å². The van der Waals surface area contributed by atoms with E-state index in [1.807, 2.05) is 42.5 Å². The van der Waals surface area contributed by atoms with Gasteiger partial charge in [0.25, 0.3) is 0 Å². The van der Waals surface area contributed by atoms with Crippen LogP contribution < -0.4 is 15.2 Å². The van der Waals surface area contributed by atoms with Crippen molar-refractivity contribution in [1.82, 2.24) is 9.55 Å². The molecule has 0 radical (unpaired) electrons. The van der Waals surface area contributed by atoms with Crippen molar-refractivity contribution >= 4 is 15.9 Å². The lowest BCUT2D eigenvalue weighted by Crippen LogP contribution is -2.13. The summed E-state index contributed by atoms with van der Waals surface area (Å²) >= 11 is 3.39. The fraction of sp³-hybridized carbons (Fsp3) is 0.118. The van der Waals surface area contributed by atoms with Gasteiger partial charge in [0.05, 0.1) is 25.6 Å². The number of H-pyrrole nitrogens is 1. The number of methoxy groups -OCH3 is 2. The van der Waals surface area contributed by atoms with Crippen molar-refractivity contribution in [3.63, 3.8) is 0 Å². The van der Waals surface area contributed by atoms with Crippen molar-refractivity contribution in [3.8, 4) is 28.4 Å². The second-order valence-corrected chi connectivity index (χ2v) is 5.80. The minimum Gasteiger partial charge on any atom is -0.493 e. The number of nitrogens with one attached hydrogen (secondary N) is 1. The molecule has 0 saturated heterocycles. The maximum absolute atomic E-state index is 12.2. The number of aromatic nitrogens is 2. The van der Waals surface area contributed by atoms with E-state index in [9.17, 15) is 4.79 Å². The number of nitrogens with zero attached hydrogens (tertiary/aromatic N) is 1. The van der Waals surface area contributed by atoms with E-state index in [4.69, 9.17) is 9.47 Å². The summed E-state index contributed by atoms with van der Waals surface area (Å²) in [5.41, 5.74) is 2.15. The monoisotopic (exact) mass is 374 g/mol. The Kier molecular flexibility index (Phi) is 4.25. The molecule has 0 amide bonds. The predicted molar refractivity (Wildman–Crippen MR) is 92.6 cm³/mol. The van der Waals surface area contributed by atoms with Crippen molar-refractivity contribution in [2.24, 2.45) is 0 Å². The zero-order chi connectivity index (χ0) is 16.4. The zero-order valence-electron chi connectivity index (χ0n) is 12.7. The average Bonchev–Trinajstić information content (AvgIpc) is 2.96. The van der Waals surface area contributed by atoms with Crippen LogP contribution in [0.15, 0.2) is 57.9 Å². The Balaban J connectivity index is 2.04. The highest BCUT2D eigenvalue weighted by Gasteiger charge is 2.10. The Morgan fingerprint density at radius 1 is 1.00 bits per heavy atom. The van der Waals surface area contributed by atoms with Gasteiger partial charge >= 0.3 is 5.69 Å². The first-order chi connectivity index (χ1) is 11.1. The molecular formula is C17H15BrN2O3. The topological polar surface area (TPSA) is 56.2 Å². The number of benzene rings is 2. The number of imidazole rings is 1. The van der Waals surface area contributed by atoms with E-state index in [2.05, 4.69) is 20.9 Å². The van der Waals surface area contributed by atoms with Crippen molar-refractivity contribution < 1.29 is 9.47 Å². The molecule has 2 aromatic carbocycles. The van der Waals surface area contributed by atoms with Crippen LogP contribution in [0.4, 0.5) is 0 Å². The van der Waals surface area contributed by atoms with E-state index in [1.165, 1.54) is 0 Å². The number of halogens is 1. The Morgan fingerprint density at radius 3 is 2.35 bits per heavy atom. The molecule has 0 atom stereocenters. The number of ether oxygens (including phenoxy) is 2. The number of hydrogen-bond donors (Lipinski definition) is 1. The SMILES string of the molecule is COc1ccc(-c2cn(-c3ccc(Br)cc3)c(=O)[nH]2)cc1OC. The second kappa shape index (κ2) is 6.34. The maximum atomic E-state index is 12.2. The summed E-state index contributed by atoms with van der Waals surface area (Å²) in [5, 5.41) is 0. The normalized spacial score (nSPS) is 10.6. The van der Waals surface area contributed by atoms with Gasteiger partial charge in [-0.3, -0.25) is 4.57 Å². The molecule has 118 valence electrons. The van der Waals surface area contributed by atoms with Gasteiger partial charge in [-0.25, -0.2) is 4.79 Å². The summed E-state index contributed by atoms with van der Waals surface area (Å²) in [6.45, 7) is 0. The van der Waals surface area contributed by atoms with E-state index in [-0.39, 0.29) is 5.69 Å². The predicted octanol–water partition coefficient (Wildman–Crippen LogP) is 3.61. The van der Waals surface area contributed by atoms with Gasteiger partial charge in [0.15, 0.2) is 11.5 Å². The Labute approximate surface area is 141 Å². The molecule has 0 aliphatic heterocycles. The molecule has 0 unspecified atom stereocenters. The minimum absolute atomic E-state index is 0.197. The highest BCUT2D eigenvalue weighted by Crippen LogP contribution is 2.31. The van der Waals surface area contributed by atoms with E-state index >= 15 is 0 Å². The van der Waals surface area contributed by atoms with Gasteiger partial charge in [0.1, 0.15) is 0 Å². The van der Waals surface area contributed by atoms with Gasteiger partial charge < -0.3 is 14.5 Å². The largest absolute Gasteiger partial charge is 0.493 e. The molecule has 5 nitrogen and oxygen atoms in total. The molecule has 23 heavy (non-hydrogen) atoms. The Morgan fingerprint density at radius 2 is 1.70 bits per heavy atom. The van der Waals surface area contributed by atoms with Gasteiger partial charge in [-0.05, 0) is 42.5 Å². The molecule has 6 heteroatoms.